The van der Waals surface area contributed by atoms with E-state index in [9.17, 15) is 4.79 Å². The Labute approximate surface area is 146 Å². The second kappa shape index (κ2) is 9.43. The molecule has 0 saturated heterocycles. The molecule has 8 heteroatoms. The van der Waals surface area contributed by atoms with E-state index in [1.807, 2.05) is 0 Å². The zero-order valence-electron chi connectivity index (χ0n) is 14.5. The molecule has 0 aliphatic carbocycles. The first-order chi connectivity index (χ1) is 12.2. The van der Waals surface area contributed by atoms with Crippen LogP contribution in [0.25, 0.3) is 0 Å². The van der Waals surface area contributed by atoms with Crippen LogP contribution in [0.4, 0.5) is 11.5 Å². The maximum atomic E-state index is 12.1. The van der Waals surface area contributed by atoms with Crippen LogP contribution in [0.1, 0.15) is 16.9 Å². The van der Waals surface area contributed by atoms with Crippen molar-refractivity contribution in [3.05, 3.63) is 36.3 Å². The number of ether oxygens (including phenoxy) is 3. The number of hydrogen-bond acceptors (Lipinski definition) is 7. The smallest absolute Gasteiger partial charge is 0.270 e. The van der Waals surface area contributed by atoms with Crippen LogP contribution in [0.15, 0.2) is 30.6 Å². The number of methoxy groups -OCH3 is 3. The molecule has 8 nitrogen and oxygen atoms in total. The summed E-state index contributed by atoms with van der Waals surface area (Å²) < 4.78 is 15.5. The summed E-state index contributed by atoms with van der Waals surface area (Å²) in [5.41, 5.74) is 0.948. The molecule has 2 rings (SSSR count). The number of carbonyl (C=O) groups excluding carboxylic acids is 1. The number of nitrogens with one attached hydrogen (secondary N) is 2. The van der Waals surface area contributed by atoms with Crippen molar-refractivity contribution in [2.24, 2.45) is 0 Å². The quantitative estimate of drug-likeness (QED) is 0.671. The molecule has 0 saturated carbocycles. The van der Waals surface area contributed by atoms with Gasteiger partial charge in [-0.2, -0.15) is 0 Å². The number of nitrogens with zero attached hydrogens (tertiary/aromatic N) is 2. The van der Waals surface area contributed by atoms with Crippen molar-refractivity contribution in [3.63, 3.8) is 0 Å². The zero-order chi connectivity index (χ0) is 18.1. The SMILES string of the molecule is COCCCNC(=O)c1cc(Nc2cc(OC)ccc2OC)ncn1. The third kappa shape index (κ3) is 5.32. The lowest BCUT2D eigenvalue weighted by molar-refractivity contribution is 0.0943. The molecule has 0 fully saturated rings. The highest BCUT2D eigenvalue weighted by atomic mass is 16.5. The molecule has 134 valence electrons. The molecule has 0 bridgehead atoms. The lowest BCUT2D eigenvalue weighted by Gasteiger charge is -2.12. The van der Waals surface area contributed by atoms with Gasteiger partial charge in [0.15, 0.2) is 0 Å². The predicted molar refractivity (Wildman–Crippen MR) is 93.7 cm³/mol. The van der Waals surface area contributed by atoms with E-state index < -0.39 is 0 Å². The van der Waals surface area contributed by atoms with Gasteiger partial charge in [-0.1, -0.05) is 0 Å². The summed E-state index contributed by atoms with van der Waals surface area (Å²) in [5.74, 6) is 1.51. The number of rotatable bonds is 9. The average molecular weight is 346 g/mol. The highest BCUT2D eigenvalue weighted by molar-refractivity contribution is 5.93. The van der Waals surface area contributed by atoms with Gasteiger partial charge in [0, 0.05) is 32.4 Å². The summed E-state index contributed by atoms with van der Waals surface area (Å²) in [6.45, 7) is 1.11. The topological polar surface area (TPSA) is 94.6 Å². The number of hydrogen-bond donors (Lipinski definition) is 2. The Morgan fingerprint density at radius 3 is 2.68 bits per heavy atom. The third-order valence-corrected chi connectivity index (χ3v) is 3.38. The van der Waals surface area contributed by atoms with E-state index in [4.69, 9.17) is 14.2 Å². The summed E-state index contributed by atoms with van der Waals surface area (Å²) in [4.78, 5) is 20.3. The Morgan fingerprint density at radius 1 is 1.12 bits per heavy atom. The first-order valence-electron chi connectivity index (χ1n) is 7.76. The van der Waals surface area contributed by atoms with Gasteiger partial charge in [-0.25, -0.2) is 9.97 Å². The normalized spacial score (nSPS) is 10.2. The van der Waals surface area contributed by atoms with Crippen LogP contribution in [0, 0.1) is 0 Å². The van der Waals surface area contributed by atoms with Crippen LogP contribution in [0.2, 0.25) is 0 Å². The summed E-state index contributed by atoms with van der Waals surface area (Å²) in [7, 11) is 4.78. The van der Waals surface area contributed by atoms with Gasteiger partial charge in [0.25, 0.3) is 5.91 Å². The lowest BCUT2D eigenvalue weighted by Crippen LogP contribution is -2.26. The fourth-order valence-electron chi connectivity index (χ4n) is 2.11. The van der Waals surface area contributed by atoms with Gasteiger partial charge in [0.05, 0.1) is 19.9 Å². The molecule has 0 atom stereocenters. The number of benzene rings is 1. The highest BCUT2D eigenvalue weighted by Gasteiger charge is 2.10. The third-order valence-electron chi connectivity index (χ3n) is 3.38. The first-order valence-corrected chi connectivity index (χ1v) is 7.76. The van der Waals surface area contributed by atoms with E-state index in [1.165, 1.54) is 6.33 Å². The van der Waals surface area contributed by atoms with Crippen LogP contribution in [-0.4, -0.2) is 50.4 Å². The molecule has 1 aromatic heterocycles. The molecular weight excluding hydrogens is 324 g/mol. The van der Waals surface area contributed by atoms with E-state index in [0.29, 0.717) is 36.2 Å². The summed E-state index contributed by atoms with van der Waals surface area (Å²) in [5, 5.41) is 5.90. The van der Waals surface area contributed by atoms with Crippen molar-refractivity contribution in [3.8, 4) is 11.5 Å². The average Bonchev–Trinajstić information content (AvgIpc) is 2.65. The van der Waals surface area contributed by atoms with E-state index in [0.717, 1.165) is 6.42 Å². The van der Waals surface area contributed by atoms with Gasteiger partial charge in [-0.3, -0.25) is 4.79 Å². The van der Waals surface area contributed by atoms with E-state index in [-0.39, 0.29) is 11.6 Å². The van der Waals surface area contributed by atoms with Crippen LogP contribution < -0.4 is 20.1 Å². The van der Waals surface area contributed by atoms with Gasteiger partial charge in [-0.05, 0) is 18.6 Å². The molecule has 0 aliphatic heterocycles. The van der Waals surface area contributed by atoms with Gasteiger partial charge >= 0.3 is 0 Å². The molecule has 0 radical (unpaired) electrons. The molecule has 2 aromatic rings. The predicted octanol–water partition coefficient (Wildman–Crippen LogP) is 2.00. The molecule has 1 heterocycles. The van der Waals surface area contributed by atoms with Gasteiger partial charge in [0.2, 0.25) is 0 Å². The molecule has 2 N–H and O–H groups in total. The maximum Gasteiger partial charge on any atom is 0.270 e. The van der Waals surface area contributed by atoms with Crippen molar-refractivity contribution in [1.29, 1.82) is 0 Å². The Hall–Kier alpha value is -2.87. The first kappa shape index (κ1) is 18.5. The summed E-state index contributed by atoms with van der Waals surface area (Å²) in [6.07, 6.45) is 2.07. The van der Waals surface area contributed by atoms with E-state index in [2.05, 4.69) is 20.6 Å². The monoisotopic (exact) mass is 346 g/mol. The lowest BCUT2D eigenvalue weighted by atomic mass is 10.2. The van der Waals surface area contributed by atoms with Crippen LogP contribution in [0.5, 0.6) is 11.5 Å². The van der Waals surface area contributed by atoms with Crippen molar-refractivity contribution in [1.82, 2.24) is 15.3 Å². The number of anilines is 2. The van der Waals surface area contributed by atoms with Crippen molar-refractivity contribution >= 4 is 17.4 Å². The van der Waals surface area contributed by atoms with Crippen LogP contribution in [-0.2, 0) is 4.74 Å². The fraction of sp³-hybridized carbons (Fsp3) is 0.353. The standard InChI is InChI=1S/C17H22N4O4/c1-23-8-4-7-18-17(22)14-10-16(20-11-19-14)21-13-9-12(24-2)5-6-15(13)25-3/h5-6,9-11H,4,7-8H2,1-3H3,(H,18,22)(H,19,20,21). The number of carbonyl (C=O) groups is 1. The minimum Gasteiger partial charge on any atom is -0.497 e. The molecule has 0 spiro atoms. The van der Waals surface area contributed by atoms with Gasteiger partial charge in [0.1, 0.15) is 29.3 Å². The van der Waals surface area contributed by atoms with Gasteiger partial charge < -0.3 is 24.8 Å². The Balaban J connectivity index is 2.10. The molecule has 1 aromatic carbocycles. The maximum absolute atomic E-state index is 12.1. The Morgan fingerprint density at radius 2 is 1.96 bits per heavy atom. The minimum absolute atomic E-state index is 0.265. The van der Waals surface area contributed by atoms with Crippen molar-refractivity contribution in [2.75, 3.05) is 39.8 Å². The fourth-order valence-corrected chi connectivity index (χ4v) is 2.11. The van der Waals surface area contributed by atoms with Crippen molar-refractivity contribution < 1.29 is 19.0 Å². The summed E-state index contributed by atoms with van der Waals surface area (Å²) in [6, 6.07) is 6.94. The summed E-state index contributed by atoms with van der Waals surface area (Å²) >= 11 is 0. The van der Waals surface area contributed by atoms with Gasteiger partial charge in [-0.15, -0.1) is 0 Å². The number of aromatic nitrogens is 2. The largest absolute Gasteiger partial charge is 0.497 e. The second-order valence-electron chi connectivity index (χ2n) is 5.08. The Bertz CT molecular complexity index is 709. The minimum atomic E-state index is -0.265. The van der Waals surface area contributed by atoms with E-state index in [1.54, 1.807) is 45.6 Å². The van der Waals surface area contributed by atoms with Crippen LogP contribution in [0.3, 0.4) is 0 Å². The van der Waals surface area contributed by atoms with E-state index >= 15 is 0 Å². The molecule has 1 amide bonds. The Kier molecular flexibility index (Phi) is 6.97. The highest BCUT2D eigenvalue weighted by Crippen LogP contribution is 2.30. The number of amides is 1. The molecular formula is C17H22N4O4. The second-order valence-corrected chi connectivity index (χ2v) is 5.08. The molecule has 25 heavy (non-hydrogen) atoms. The molecule has 0 unspecified atom stereocenters. The molecule has 0 aliphatic rings. The zero-order valence-corrected chi connectivity index (χ0v) is 14.5. The van der Waals surface area contributed by atoms with Crippen molar-refractivity contribution in [2.45, 2.75) is 6.42 Å². The van der Waals surface area contributed by atoms with Crippen LogP contribution >= 0.6 is 0 Å².